The first-order chi connectivity index (χ1) is 26.7. The number of carbonyl (C=O) groups is 5. The molecule has 0 bridgehead atoms. The molecule has 0 radical (unpaired) electrons. The third kappa shape index (κ3) is 12.5. The summed E-state index contributed by atoms with van der Waals surface area (Å²) in [5.74, 6) is -2.05. The van der Waals surface area contributed by atoms with E-state index < -0.39 is 30.1 Å². The predicted molar refractivity (Wildman–Crippen MR) is 216 cm³/mol. The van der Waals surface area contributed by atoms with Gasteiger partial charge in [-0.2, -0.15) is 0 Å². The minimum atomic E-state index is -0.667. The number of ether oxygens (including phenoxy) is 3. The molecule has 0 aliphatic carbocycles. The number of nitrogens with one attached hydrogen (secondary N) is 1. The van der Waals surface area contributed by atoms with Gasteiger partial charge in [0.2, 0.25) is 17.7 Å². The maximum atomic E-state index is 14.1. The highest BCUT2D eigenvalue weighted by Gasteiger charge is 2.42. The molecular formula is C43H67N5O8. The molecule has 56 heavy (non-hydrogen) atoms. The largest absolute Gasteiger partial charge is 0.379 e. The van der Waals surface area contributed by atoms with E-state index in [-0.39, 0.29) is 79.3 Å². The molecule has 0 saturated carbocycles. The summed E-state index contributed by atoms with van der Waals surface area (Å²) in [4.78, 5) is 72.0. The molecule has 2 aliphatic rings. The molecule has 3 N–H and O–H groups in total. The molecule has 8 atom stereocenters. The second-order valence-electron chi connectivity index (χ2n) is 15.6. The van der Waals surface area contributed by atoms with Gasteiger partial charge in [0.1, 0.15) is 5.78 Å². The number of hydrogen-bond acceptors (Lipinski definition) is 9. The Balaban J connectivity index is 1.67. The first-order valence-corrected chi connectivity index (χ1v) is 20.1. The summed E-state index contributed by atoms with van der Waals surface area (Å²) in [6.45, 7) is 15.2. The quantitative estimate of drug-likeness (QED) is 0.149. The first kappa shape index (κ1) is 46.5. The third-order valence-electron chi connectivity index (χ3n) is 11.5. The van der Waals surface area contributed by atoms with Crippen molar-refractivity contribution in [2.75, 3.05) is 54.1 Å². The Morgan fingerprint density at radius 2 is 1.71 bits per heavy atom. The Kier molecular flexibility index (Phi) is 18.9. The number of nitrogens with two attached hydrogens (primary N) is 1. The second-order valence-corrected chi connectivity index (χ2v) is 15.6. The van der Waals surface area contributed by atoms with E-state index >= 15 is 0 Å². The highest BCUT2D eigenvalue weighted by Crippen LogP contribution is 2.31. The molecular weight excluding hydrogens is 714 g/mol. The van der Waals surface area contributed by atoms with Crippen LogP contribution in [0.4, 0.5) is 0 Å². The van der Waals surface area contributed by atoms with E-state index in [4.69, 9.17) is 19.9 Å². The molecule has 312 valence electrons. The zero-order valence-corrected chi connectivity index (χ0v) is 34.9. The van der Waals surface area contributed by atoms with Crippen molar-refractivity contribution >= 4 is 29.4 Å². The molecule has 13 nitrogen and oxygen atoms in total. The number of likely N-dealkylation sites (N-methyl/N-ethyl adjacent to an activating group) is 1. The standard InChI is InChI=1S/C43H67N5O8/c1-10-29(4)40(46(7)43(53)39(44)28(2)3)36(54-8)27-38(51)48-21-14-17-34(48)41(55-9)31(6)35(49)26-33(25-32-15-12-11-13-16-32)42(52)45-20-23-56-24-22-47-30(5)18-19-37(47)50/h11-13,15-16,18-19,28-29,31,33-34,36,39-41H,5,10,14,17,20-27,44H2,1-4,6-9H3,(H,45,52)/t29-,31-,33+,34-,36+,39-,40-,41+/m0/s1. The number of nitrogens with zero attached hydrogens (tertiary/aromatic N) is 3. The van der Waals surface area contributed by atoms with Crippen LogP contribution in [-0.4, -0.2) is 129 Å². The van der Waals surface area contributed by atoms with E-state index in [1.807, 2.05) is 65.0 Å². The lowest BCUT2D eigenvalue weighted by Crippen LogP contribution is -2.56. The Labute approximate surface area is 334 Å². The fraction of sp³-hybridized carbons (Fsp3) is 0.651. The zero-order chi connectivity index (χ0) is 41.5. The van der Waals surface area contributed by atoms with Crippen molar-refractivity contribution in [1.29, 1.82) is 0 Å². The van der Waals surface area contributed by atoms with Crippen molar-refractivity contribution in [2.45, 2.75) is 103 Å². The van der Waals surface area contributed by atoms with Gasteiger partial charge in [0.05, 0.1) is 50.0 Å². The molecule has 2 aliphatic heterocycles. The number of allylic oxidation sites excluding steroid dienone is 1. The summed E-state index contributed by atoms with van der Waals surface area (Å²) in [6.07, 6.45) is 4.60. The number of benzene rings is 1. The summed E-state index contributed by atoms with van der Waals surface area (Å²) in [5.41, 5.74) is 7.81. The average molecular weight is 782 g/mol. The van der Waals surface area contributed by atoms with Gasteiger partial charge in [-0.05, 0) is 42.7 Å². The van der Waals surface area contributed by atoms with E-state index in [0.29, 0.717) is 38.2 Å². The molecule has 0 aromatic heterocycles. The molecule has 4 amide bonds. The van der Waals surface area contributed by atoms with Crippen LogP contribution in [0.5, 0.6) is 0 Å². The zero-order valence-electron chi connectivity index (χ0n) is 34.9. The predicted octanol–water partition coefficient (Wildman–Crippen LogP) is 3.75. The minimum Gasteiger partial charge on any atom is -0.379 e. The molecule has 1 aromatic carbocycles. The number of ketones is 1. The number of methoxy groups -OCH3 is 2. The van der Waals surface area contributed by atoms with Gasteiger partial charge in [-0.15, -0.1) is 0 Å². The lowest BCUT2D eigenvalue weighted by molar-refractivity contribution is -0.146. The fourth-order valence-electron chi connectivity index (χ4n) is 7.84. The van der Waals surface area contributed by atoms with Gasteiger partial charge in [0.15, 0.2) is 0 Å². The van der Waals surface area contributed by atoms with Gasteiger partial charge in [0.25, 0.3) is 5.91 Å². The lowest BCUT2D eigenvalue weighted by atomic mass is 9.85. The SMILES string of the molecule is C=C1C=CC(=O)N1CCOCCNC(=O)[C@@H](CC(=O)[C@H](C)[C@@H](OC)[C@@H]1CCCN1C(=O)C[C@@H](OC)[C@H]([C@@H](C)CC)N(C)C(=O)[C@@H](N)C(C)C)Cc1ccccc1. The van der Waals surface area contributed by atoms with Crippen molar-refractivity contribution in [2.24, 2.45) is 29.4 Å². The van der Waals surface area contributed by atoms with Crippen LogP contribution in [0.25, 0.3) is 0 Å². The van der Waals surface area contributed by atoms with Gasteiger partial charge < -0.3 is 40.0 Å². The van der Waals surface area contributed by atoms with Crippen molar-refractivity contribution in [3.8, 4) is 0 Å². The number of carbonyl (C=O) groups excluding carboxylic acids is 5. The first-order valence-electron chi connectivity index (χ1n) is 20.1. The molecule has 2 heterocycles. The molecule has 0 spiro atoms. The molecule has 1 aromatic rings. The van der Waals surface area contributed by atoms with E-state index in [1.54, 1.807) is 37.1 Å². The normalized spacial score (nSPS) is 19.4. The van der Waals surface area contributed by atoms with Crippen molar-refractivity contribution in [1.82, 2.24) is 20.0 Å². The van der Waals surface area contributed by atoms with Gasteiger partial charge in [-0.1, -0.05) is 78.0 Å². The number of amides is 4. The van der Waals surface area contributed by atoms with Crippen LogP contribution in [-0.2, 0) is 44.6 Å². The topological polar surface area (TPSA) is 161 Å². The Morgan fingerprint density at radius 3 is 2.30 bits per heavy atom. The van der Waals surface area contributed by atoms with E-state index in [2.05, 4.69) is 11.9 Å². The number of rotatable bonds is 24. The van der Waals surface area contributed by atoms with Gasteiger partial charge in [-0.25, -0.2) is 0 Å². The molecule has 1 saturated heterocycles. The average Bonchev–Trinajstić information content (AvgIpc) is 3.80. The number of hydrogen-bond donors (Lipinski definition) is 2. The Morgan fingerprint density at radius 1 is 1.02 bits per heavy atom. The van der Waals surface area contributed by atoms with Gasteiger partial charge >= 0.3 is 0 Å². The van der Waals surface area contributed by atoms with Crippen LogP contribution in [0.1, 0.15) is 72.3 Å². The molecule has 3 rings (SSSR count). The van der Waals surface area contributed by atoms with E-state index in [9.17, 15) is 24.0 Å². The second kappa shape index (κ2) is 22.7. The lowest BCUT2D eigenvalue weighted by Gasteiger charge is -2.40. The maximum absolute atomic E-state index is 14.1. The number of likely N-dealkylation sites (tertiary alicyclic amines) is 1. The maximum Gasteiger partial charge on any atom is 0.251 e. The summed E-state index contributed by atoms with van der Waals surface area (Å²) in [5, 5.41) is 2.93. The Bertz CT molecular complexity index is 1480. The summed E-state index contributed by atoms with van der Waals surface area (Å²) in [6, 6.07) is 8.20. The van der Waals surface area contributed by atoms with Crippen molar-refractivity contribution < 1.29 is 38.2 Å². The number of Topliss-reactive ketones (excluding diaryl/α,β-unsaturated/α-hetero) is 1. The van der Waals surface area contributed by atoms with Crippen LogP contribution in [0, 0.1) is 23.7 Å². The van der Waals surface area contributed by atoms with E-state index in [0.717, 1.165) is 18.4 Å². The smallest absolute Gasteiger partial charge is 0.251 e. The van der Waals surface area contributed by atoms with Crippen LogP contribution in [0.15, 0.2) is 54.8 Å². The summed E-state index contributed by atoms with van der Waals surface area (Å²) >= 11 is 0. The van der Waals surface area contributed by atoms with Crippen molar-refractivity contribution in [3.05, 3.63) is 60.3 Å². The highest BCUT2D eigenvalue weighted by atomic mass is 16.5. The summed E-state index contributed by atoms with van der Waals surface area (Å²) in [7, 11) is 4.86. The minimum absolute atomic E-state index is 0.00330. The summed E-state index contributed by atoms with van der Waals surface area (Å²) < 4.78 is 17.6. The molecule has 13 heteroatoms. The van der Waals surface area contributed by atoms with Crippen molar-refractivity contribution in [3.63, 3.8) is 0 Å². The van der Waals surface area contributed by atoms with Crippen LogP contribution in [0.3, 0.4) is 0 Å². The fourth-order valence-corrected chi connectivity index (χ4v) is 7.84. The van der Waals surface area contributed by atoms with Crippen LogP contribution in [0.2, 0.25) is 0 Å². The molecule has 0 unspecified atom stereocenters. The van der Waals surface area contributed by atoms with Crippen LogP contribution < -0.4 is 11.1 Å². The van der Waals surface area contributed by atoms with E-state index in [1.165, 1.54) is 11.0 Å². The molecule has 1 fully saturated rings. The van der Waals surface area contributed by atoms with Gasteiger partial charge in [-0.3, -0.25) is 24.0 Å². The van der Waals surface area contributed by atoms with Crippen LogP contribution >= 0.6 is 0 Å². The van der Waals surface area contributed by atoms with Gasteiger partial charge in [0, 0.05) is 70.9 Å². The third-order valence-corrected chi connectivity index (χ3v) is 11.5. The highest BCUT2D eigenvalue weighted by molar-refractivity contribution is 5.93. The Hall–Kier alpha value is -3.91. The monoisotopic (exact) mass is 781 g/mol.